The van der Waals surface area contributed by atoms with Crippen LogP contribution in [0.4, 0.5) is 0 Å². The summed E-state index contributed by atoms with van der Waals surface area (Å²) < 4.78 is 1.79. The number of hydrogen-bond acceptors (Lipinski definition) is 3. The molecule has 0 aromatic carbocycles. The average molecular weight is 197 g/mol. The van der Waals surface area contributed by atoms with Crippen LogP contribution in [0.3, 0.4) is 0 Å². The molecule has 80 valence electrons. The van der Waals surface area contributed by atoms with Crippen LogP contribution in [0, 0.1) is 0 Å². The van der Waals surface area contributed by atoms with E-state index in [-0.39, 0.29) is 6.10 Å². The number of aliphatic hydroxyl groups excluding tert-OH is 1. The molecule has 14 heavy (non-hydrogen) atoms. The third-order valence-corrected chi connectivity index (χ3v) is 2.21. The number of rotatable bonds is 6. The first-order valence-corrected chi connectivity index (χ1v) is 5.08. The summed E-state index contributed by atoms with van der Waals surface area (Å²) in [6.07, 6.45) is 5.31. The van der Waals surface area contributed by atoms with E-state index in [0.29, 0.717) is 0 Å². The summed E-state index contributed by atoms with van der Waals surface area (Å²) in [5.74, 6) is 0. The van der Waals surface area contributed by atoms with E-state index < -0.39 is 0 Å². The highest BCUT2D eigenvalue weighted by molar-refractivity contribution is 5.02. The van der Waals surface area contributed by atoms with Gasteiger partial charge in [0.25, 0.3) is 0 Å². The van der Waals surface area contributed by atoms with Crippen LogP contribution < -0.4 is 5.32 Å². The first-order valence-electron chi connectivity index (χ1n) is 5.08. The maximum absolute atomic E-state index is 9.30. The molecule has 4 nitrogen and oxygen atoms in total. The van der Waals surface area contributed by atoms with Gasteiger partial charge in [-0.3, -0.25) is 4.68 Å². The average Bonchev–Trinajstić information content (AvgIpc) is 2.58. The van der Waals surface area contributed by atoms with E-state index in [2.05, 4.69) is 10.4 Å². The molecule has 0 saturated carbocycles. The molecule has 4 heteroatoms. The zero-order chi connectivity index (χ0) is 10.4. The molecular formula is C10H19N3O. The van der Waals surface area contributed by atoms with Crippen molar-refractivity contribution in [2.75, 3.05) is 6.54 Å². The second kappa shape index (κ2) is 5.78. The maximum atomic E-state index is 9.30. The van der Waals surface area contributed by atoms with Crippen molar-refractivity contribution < 1.29 is 5.11 Å². The first-order chi connectivity index (χ1) is 6.72. The summed E-state index contributed by atoms with van der Waals surface area (Å²) >= 11 is 0. The highest BCUT2D eigenvalue weighted by atomic mass is 16.3. The van der Waals surface area contributed by atoms with Gasteiger partial charge in [-0.1, -0.05) is 6.92 Å². The Morgan fingerprint density at radius 1 is 1.64 bits per heavy atom. The van der Waals surface area contributed by atoms with Crippen LogP contribution in [0.1, 0.15) is 25.3 Å². The Labute approximate surface area is 84.9 Å². The van der Waals surface area contributed by atoms with Gasteiger partial charge in [-0.05, 0) is 19.4 Å². The Hall–Kier alpha value is -0.870. The molecule has 0 bridgehead atoms. The second-order valence-electron chi connectivity index (χ2n) is 3.55. The topological polar surface area (TPSA) is 50.1 Å². The van der Waals surface area contributed by atoms with Crippen LogP contribution in [0.5, 0.6) is 0 Å². The minimum atomic E-state index is -0.170. The standard InChI is InChI=1S/C10H19N3O/c1-3-10(14)4-5-11-6-9-7-12-13(2)8-9/h7-8,10-11,14H,3-6H2,1-2H3. The quantitative estimate of drug-likeness (QED) is 0.659. The predicted octanol–water partition coefficient (Wildman–Crippen LogP) is 0.671. The molecular weight excluding hydrogens is 178 g/mol. The van der Waals surface area contributed by atoms with Crippen molar-refractivity contribution in [3.05, 3.63) is 18.0 Å². The van der Waals surface area contributed by atoms with Crippen LogP contribution in [0.15, 0.2) is 12.4 Å². The fourth-order valence-corrected chi connectivity index (χ4v) is 1.27. The molecule has 0 aliphatic carbocycles. The van der Waals surface area contributed by atoms with Crippen molar-refractivity contribution in [1.29, 1.82) is 0 Å². The number of aliphatic hydroxyl groups is 1. The number of hydrogen-bond donors (Lipinski definition) is 2. The Morgan fingerprint density at radius 3 is 3.00 bits per heavy atom. The van der Waals surface area contributed by atoms with Gasteiger partial charge in [0.2, 0.25) is 0 Å². The Bertz CT molecular complexity index is 260. The fourth-order valence-electron chi connectivity index (χ4n) is 1.27. The molecule has 1 unspecified atom stereocenters. The SMILES string of the molecule is CCC(O)CCNCc1cnn(C)c1. The van der Waals surface area contributed by atoms with E-state index in [9.17, 15) is 5.11 Å². The van der Waals surface area contributed by atoms with Gasteiger partial charge >= 0.3 is 0 Å². The molecule has 0 fully saturated rings. The Morgan fingerprint density at radius 2 is 2.43 bits per heavy atom. The van der Waals surface area contributed by atoms with Crippen molar-refractivity contribution in [1.82, 2.24) is 15.1 Å². The van der Waals surface area contributed by atoms with E-state index in [4.69, 9.17) is 0 Å². The van der Waals surface area contributed by atoms with Gasteiger partial charge in [0.05, 0.1) is 12.3 Å². The van der Waals surface area contributed by atoms with E-state index in [1.807, 2.05) is 26.4 Å². The summed E-state index contributed by atoms with van der Waals surface area (Å²) in [4.78, 5) is 0. The highest BCUT2D eigenvalue weighted by Gasteiger charge is 2.00. The van der Waals surface area contributed by atoms with Gasteiger partial charge in [-0.15, -0.1) is 0 Å². The van der Waals surface area contributed by atoms with Crippen LogP contribution in [0.2, 0.25) is 0 Å². The summed E-state index contributed by atoms with van der Waals surface area (Å²) in [7, 11) is 1.91. The van der Waals surface area contributed by atoms with Gasteiger partial charge in [0, 0.05) is 25.4 Å². The molecule has 1 aromatic heterocycles. The van der Waals surface area contributed by atoms with Gasteiger partial charge in [-0.25, -0.2) is 0 Å². The molecule has 1 atom stereocenters. The molecule has 0 aliphatic rings. The third-order valence-electron chi connectivity index (χ3n) is 2.21. The van der Waals surface area contributed by atoms with Crippen molar-refractivity contribution in [2.45, 2.75) is 32.4 Å². The highest BCUT2D eigenvalue weighted by Crippen LogP contribution is 1.97. The molecule has 0 aliphatic heterocycles. The summed E-state index contributed by atoms with van der Waals surface area (Å²) in [6, 6.07) is 0. The van der Waals surface area contributed by atoms with E-state index >= 15 is 0 Å². The number of nitrogens with zero attached hydrogens (tertiary/aromatic N) is 2. The van der Waals surface area contributed by atoms with Gasteiger partial charge in [-0.2, -0.15) is 5.10 Å². The van der Waals surface area contributed by atoms with Crippen molar-refractivity contribution >= 4 is 0 Å². The molecule has 1 aromatic rings. The number of nitrogens with one attached hydrogen (secondary N) is 1. The Kier molecular flexibility index (Phi) is 4.62. The normalized spacial score (nSPS) is 13.1. The summed E-state index contributed by atoms with van der Waals surface area (Å²) in [5, 5.41) is 16.6. The fraction of sp³-hybridized carbons (Fsp3) is 0.700. The lowest BCUT2D eigenvalue weighted by Gasteiger charge is -2.07. The van der Waals surface area contributed by atoms with E-state index in [0.717, 1.165) is 25.9 Å². The monoisotopic (exact) mass is 197 g/mol. The van der Waals surface area contributed by atoms with E-state index in [1.54, 1.807) is 4.68 Å². The summed E-state index contributed by atoms with van der Waals surface area (Å²) in [5.41, 5.74) is 1.18. The lowest BCUT2D eigenvalue weighted by atomic mass is 10.2. The minimum Gasteiger partial charge on any atom is -0.393 e. The molecule has 1 rings (SSSR count). The molecule has 0 amide bonds. The smallest absolute Gasteiger partial charge is 0.0549 e. The largest absolute Gasteiger partial charge is 0.393 e. The van der Waals surface area contributed by atoms with Gasteiger partial charge in [0.1, 0.15) is 0 Å². The minimum absolute atomic E-state index is 0.170. The lowest BCUT2D eigenvalue weighted by molar-refractivity contribution is 0.159. The maximum Gasteiger partial charge on any atom is 0.0549 e. The second-order valence-corrected chi connectivity index (χ2v) is 3.55. The molecule has 2 N–H and O–H groups in total. The number of aryl methyl sites for hydroxylation is 1. The van der Waals surface area contributed by atoms with Gasteiger partial charge in [0.15, 0.2) is 0 Å². The van der Waals surface area contributed by atoms with Gasteiger partial charge < -0.3 is 10.4 Å². The zero-order valence-electron chi connectivity index (χ0n) is 8.90. The summed E-state index contributed by atoms with van der Waals surface area (Å²) in [6.45, 7) is 3.67. The van der Waals surface area contributed by atoms with Crippen molar-refractivity contribution in [3.8, 4) is 0 Å². The zero-order valence-corrected chi connectivity index (χ0v) is 8.90. The van der Waals surface area contributed by atoms with Crippen LogP contribution in [-0.2, 0) is 13.6 Å². The lowest BCUT2D eigenvalue weighted by Crippen LogP contribution is -2.19. The molecule has 1 heterocycles. The van der Waals surface area contributed by atoms with Crippen molar-refractivity contribution in [2.24, 2.45) is 7.05 Å². The Balaban J connectivity index is 2.10. The van der Waals surface area contributed by atoms with E-state index in [1.165, 1.54) is 5.56 Å². The van der Waals surface area contributed by atoms with Crippen molar-refractivity contribution in [3.63, 3.8) is 0 Å². The predicted molar refractivity (Wildman–Crippen MR) is 55.8 cm³/mol. The third kappa shape index (κ3) is 3.89. The molecule has 0 spiro atoms. The molecule has 0 radical (unpaired) electrons. The van der Waals surface area contributed by atoms with Crippen LogP contribution >= 0.6 is 0 Å². The number of aromatic nitrogens is 2. The van der Waals surface area contributed by atoms with Crippen LogP contribution in [-0.4, -0.2) is 27.5 Å². The first kappa shape index (κ1) is 11.2. The van der Waals surface area contributed by atoms with Crippen LogP contribution in [0.25, 0.3) is 0 Å². The molecule has 0 saturated heterocycles.